The largest absolute Gasteiger partial charge is 0.478 e. The SMILES string of the molecule is O=C(O)c1ccccc1-c1c[nH]cc1Br. The molecule has 4 heteroatoms. The first-order valence-corrected chi connectivity index (χ1v) is 5.14. The van der Waals surface area contributed by atoms with Crippen LogP contribution in [0.15, 0.2) is 41.1 Å². The molecule has 0 amide bonds. The molecule has 0 saturated heterocycles. The molecule has 3 nitrogen and oxygen atoms in total. The fourth-order valence-electron chi connectivity index (χ4n) is 1.46. The number of benzene rings is 1. The Kier molecular flexibility index (Phi) is 2.60. The lowest BCUT2D eigenvalue weighted by Gasteiger charge is -2.03. The molecule has 0 aliphatic rings. The molecule has 0 bridgehead atoms. The van der Waals surface area contributed by atoms with Gasteiger partial charge in [-0.1, -0.05) is 18.2 Å². The predicted molar refractivity (Wildman–Crippen MR) is 60.9 cm³/mol. The van der Waals surface area contributed by atoms with E-state index >= 15 is 0 Å². The van der Waals surface area contributed by atoms with Gasteiger partial charge in [-0.2, -0.15) is 0 Å². The fraction of sp³-hybridized carbons (Fsp3) is 0. The van der Waals surface area contributed by atoms with Gasteiger partial charge in [0.25, 0.3) is 0 Å². The van der Waals surface area contributed by atoms with Gasteiger partial charge in [-0.3, -0.25) is 0 Å². The number of H-pyrrole nitrogens is 1. The van der Waals surface area contributed by atoms with Gasteiger partial charge in [0.2, 0.25) is 0 Å². The van der Waals surface area contributed by atoms with Gasteiger partial charge in [0.05, 0.1) is 5.56 Å². The van der Waals surface area contributed by atoms with E-state index in [0.717, 1.165) is 10.0 Å². The first-order chi connectivity index (χ1) is 7.20. The molecule has 15 heavy (non-hydrogen) atoms. The zero-order valence-electron chi connectivity index (χ0n) is 7.70. The number of carboxylic acids is 1. The maximum atomic E-state index is 11.0. The number of halogens is 1. The third-order valence-electron chi connectivity index (χ3n) is 2.14. The van der Waals surface area contributed by atoms with Gasteiger partial charge >= 0.3 is 5.97 Å². The molecule has 76 valence electrons. The van der Waals surface area contributed by atoms with Crippen molar-refractivity contribution in [2.24, 2.45) is 0 Å². The molecule has 2 N–H and O–H groups in total. The van der Waals surface area contributed by atoms with Gasteiger partial charge in [0.1, 0.15) is 0 Å². The van der Waals surface area contributed by atoms with Crippen LogP contribution in [-0.4, -0.2) is 16.1 Å². The van der Waals surface area contributed by atoms with Crippen molar-refractivity contribution in [2.75, 3.05) is 0 Å². The lowest BCUT2D eigenvalue weighted by molar-refractivity contribution is 0.0698. The predicted octanol–water partition coefficient (Wildman–Crippen LogP) is 3.14. The molecule has 0 radical (unpaired) electrons. The summed E-state index contributed by atoms with van der Waals surface area (Å²) in [5.74, 6) is -0.918. The van der Waals surface area contributed by atoms with E-state index in [1.807, 2.05) is 6.07 Å². The van der Waals surface area contributed by atoms with Crippen LogP contribution in [0.25, 0.3) is 11.1 Å². The van der Waals surface area contributed by atoms with Crippen molar-refractivity contribution in [1.29, 1.82) is 0 Å². The number of aromatic amines is 1. The average Bonchev–Trinajstić information content (AvgIpc) is 2.64. The van der Waals surface area contributed by atoms with Crippen LogP contribution >= 0.6 is 15.9 Å². The monoisotopic (exact) mass is 265 g/mol. The first-order valence-electron chi connectivity index (χ1n) is 4.35. The van der Waals surface area contributed by atoms with Crippen molar-refractivity contribution < 1.29 is 9.90 Å². The molecule has 2 rings (SSSR count). The number of aromatic carboxylic acids is 1. The zero-order chi connectivity index (χ0) is 10.8. The van der Waals surface area contributed by atoms with Crippen LogP contribution in [0.1, 0.15) is 10.4 Å². The molecule has 2 aromatic rings. The van der Waals surface area contributed by atoms with Crippen LogP contribution < -0.4 is 0 Å². The number of rotatable bonds is 2. The van der Waals surface area contributed by atoms with E-state index in [-0.39, 0.29) is 0 Å². The maximum absolute atomic E-state index is 11.0. The second-order valence-corrected chi connectivity index (χ2v) is 3.92. The highest BCUT2D eigenvalue weighted by atomic mass is 79.9. The molecule has 0 fully saturated rings. The second-order valence-electron chi connectivity index (χ2n) is 3.07. The summed E-state index contributed by atoms with van der Waals surface area (Å²) >= 11 is 3.36. The lowest BCUT2D eigenvalue weighted by Crippen LogP contribution is -1.98. The van der Waals surface area contributed by atoms with Crippen LogP contribution in [0, 0.1) is 0 Å². The summed E-state index contributed by atoms with van der Waals surface area (Å²) in [4.78, 5) is 13.9. The van der Waals surface area contributed by atoms with Crippen molar-refractivity contribution in [2.45, 2.75) is 0 Å². The third-order valence-corrected chi connectivity index (χ3v) is 2.80. The fourth-order valence-corrected chi connectivity index (χ4v) is 1.92. The van der Waals surface area contributed by atoms with Gasteiger partial charge in [-0.15, -0.1) is 0 Å². The summed E-state index contributed by atoms with van der Waals surface area (Å²) in [6.45, 7) is 0. The van der Waals surface area contributed by atoms with Crippen molar-refractivity contribution in [3.05, 3.63) is 46.7 Å². The maximum Gasteiger partial charge on any atom is 0.336 e. The molecule has 0 aliphatic carbocycles. The Hall–Kier alpha value is -1.55. The van der Waals surface area contributed by atoms with Gasteiger partial charge in [-0.05, 0) is 27.6 Å². The minimum absolute atomic E-state index is 0.304. The van der Waals surface area contributed by atoms with Gasteiger partial charge in [0, 0.05) is 22.4 Å². The van der Waals surface area contributed by atoms with E-state index in [2.05, 4.69) is 20.9 Å². The Morgan fingerprint density at radius 1 is 1.20 bits per heavy atom. The summed E-state index contributed by atoms with van der Waals surface area (Å²) < 4.78 is 0.858. The van der Waals surface area contributed by atoms with E-state index in [1.54, 1.807) is 30.6 Å². The second kappa shape index (κ2) is 3.90. The van der Waals surface area contributed by atoms with Crippen molar-refractivity contribution in [3.8, 4) is 11.1 Å². The van der Waals surface area contributed by atoms with Crippen LogP contribution in [0.4, 0.5) is 0 Å². The Labute approximate surface area is 94.9 Å². The van der Waals surface area contributed by atoms with Crippen LogP contribution in [-0.2, 0) is 0 Å². The quantitative estimate of drug-likeness (QED) is 0.877. The Morgan fingerprint density at radius 2 is 1.93 bits per heavy atom. The van der Waals surface area contributed by atoms with Crippen LogP contribution in [0.2, 0.25) is 0 Å². The number of carboxylic acid groups (broad SMARTS) is 1. The van der Waals surface area contributed by atoms with Gasteiger partial charge in [0.15, 0.2) is 0 Å². The van der Waals surface area contributed by atoms with E-state index in [0.29, 0.717) is 11.1 Å². The molecule has 1 heterocycles. The summed E-state index contributed by atoms with van der Waals surface area (Å²) in [5, 5.41) is 9.03. The number of hydrogen-bond acceptors (Lipinski definition) is 1. The standard InChI is InChI=1S/C11H8BrNO2/c12-10-6-13-5-9(10)7-3-1-2-4-8(7)11(14)15/h1-6,13H,(H,14,15). The highest BCUT2D eigenvalue weighted by molar-refractivity contribution is 9.10. The molecule has 1 aromatic heterocycles. The highest BCUT2D eigenvalue weighted by Crippen LogP contribution is 2.30. The Bertz CT molecular complexity index is 505. The summed E-state index contributed by atoms with van der Waals surface area (Å²) in [5.41, 5.74) is 1.86. The van der Waals surface area contributed by atoms with Crippen molar-refractivity contribution in [1.82, 2.24) is 4.98 Å². The van der Waals surface area contributed by atoms with E-state index in [4.69, 9.17) is 5.11 Å². The molecular weight excluding hydrogens is 258 g/mol. The topological polar surface area (TPSA) is 53.1 Å². The Balaban J connectivity index is 2.63. The first kappa shape index (κ1) is 9.98. The third kappa shape index (κ3) is 1.80. The number of aromatic nitrogens is 1. The van der Waals surface area contributed by atoms with Crippen LogP contribution in [0.5, 0.6) is 0 Å². The molecule has 1 aromatic carbocycles. The molecule has 0 unspecified atom stereocenters. The molecular formula is C11H8BrNO2. The molecule has 0 atom stereocenters. The van der Waals surface area contributed by atoms with E-state index < -0.39 is 5.97 Å². The van der Waals surface area contributed by atoms with Crippen molar-refractivity contribution >= 4 is 21.9 Å². The minimum Gasteiger partial charge on any atom is -0.478 e. The number of carbonyl (C=O) groups is 1. The summed E-state index contributed by atoms with van der Waals surface area (Å²) in [6.07, 6.45) is 3.54. The number of hydrogen-bond donors (Lipinski definition) is 2. The van der Waals surface area contributed by atoms with E-state index in [9.17, 15) is 4.79 Å². The minimum atomic E-state index is -0.918. The number of nitrogens with one attached hydrogen (secondary N) is 1. The molecule has 0 saturated carbocycles. The lowest BCUT2D eigenvalue weighted by atomic mass is 10.0. The Morgan fingerprint density at radius 3 is 2.53 bits per heavy atom. The van der Waals surface area contributed by atoms with Gasteiger partial charge in [-0.25, -0.2) is 4.79 Å². The van der Waals surface area contributed by atoms with Gasteiger partial charge < -0.3 is 10.1 Å². The molecule has 0 spiro atoms. The highest BCUT2D eigenvalue weighted by Gasteiger charge is 2.12. The normalized spacial score (nSPS) is 10.2. The van der Waals surface area contributed by atoms with Crippen LogP contribution in [0.3, 0.4) is 0 Å². The average molecular weight is 266 g/mol. The summed E-state index contributed by atoms with van der Waals surface area (Å²) in [6, 6.07) is 6.92. The molecule has 0 aliphatic heterocycles. The van der Waals surface area contributed by atoms with Crippen molar-refractivity contribution in [3.63, 3.8) is 0 Å². The summed E-state index contributed by atoms with van der Waals surface area (Å²) in [7, 11) is 0. The smallest absolute Gasteiger partial charge is 0.336 e. The van der Waals surface area contributed by atoms with E-state index in [1.165, 1.54) is 0 Å². The zero-order valence-corrected chi connectivity index (χ0v) is 9.28.